The summed E-state index contributed by atoms with van der Waals surface area (Å²) in [4.78, 5) is 0. The van der Waals surface area contributed by atoms with Crippen LogP contribution in [0.15, 0.2) is 16.6 Å². The van der Waals surface area contributed by atoms with Gasteiger partial charge in [-0.15, -0.1) is 0 Å². The molecule has 0 fully saturated rings. The van der Waals surface area contributed by atoms with E-state index in [-0.39, 0.29) is 13.6 Å². The Morgan fingerprint density at radius 1 is 0.941 bits per heavy atom. The molecule has 0 radical (unpaired) electrons. The number of hydrogen-bond acceptors (Lipinski definition) is 5. The van der Waals surface area contributed by atoms with Gasteiger partial charge in [0.25, 0.3) is 0 Å². The Balaban J connectivity index is 3.02. The lowest BCUT2D eigenvalue weighted by atomic mass is 10.3. The van der Waals surface area contributed by atoms with Crippen molar-refractivity contribution < 1.29 is 23.7 Å². The maximum atomic E-state index is 5.43. The van der Waals surface area contributed by atoms with Crippen LogP contribution in [0.4, 0.5) is 0 Å². The van der Waals surface area contributed by atoms with E-state index < -0.39 is 0 Å². The number of ether oxygens (including phenoxy) is 5. The van der Waals surface area contributed by atoms with Gasteiger partial charge in [-0.3, -0.25) is 0 Å². The molecule has 0 aliphatic heterocycles. The number of hydrogen-bond donors (Lipinski definition) is 0. The second kappa shape index (κ2) is 7.37. The minimum Gasteiger partial charge on any atom is -0.493 e. The normalized spacial score (nSPS) is 10.1. The van der Waals surface area contributed by atoms with E-state index in [2.05, 4.69) is 15.9 Å². The van der Waals surface area contributed by atoms with Crippen molar-refractivity contribution in [3.05, 3.63) is 16.6 Å². The van der Waals surface area contributed by atoms with E-state index in [1.165, 1.54) is 0 Å². The largest absolute Gasteiger partial charge is 0.493 e. The molecule has 0 aliphatic carbocycles. The van der Waals surface area contributed by atoms with Crippen LogP contribution in [0.5, 0.6) is 17.2 Å². The molecular formula is C11H15BrO5. The highest BCUT2D eigenvalue weighted by molar-refractivity contribution is 9.10. The van der Waals surface area contributed by atoms with Crippen LogP contribution in [-0.4, -0.2) is 34.9 Å². The minimum atomic E-state index is 0.107. The minimum absolute atomic E-state index is 0.107. The Kier molecular flexibility index (Phi) is 6.10. The molecule has 0 unspecified atom stereocenters. The summed E-state index contributed by atoms with van der Waals surface area (Å²) in [5.74, 6) is 1.56. The van der Waals surface area contributed by atoms with Gasteiger partial charge in [-0.2, -0.15) is 0 Å². The summed E-state index contributed by atoms with van der Waals surface area (Å²) < 4.78 is 26.5. The predicted octanol–water partition coefficient (Wildman–Crippen LogP) is 2.42. The van der Waals surface area contributed by atoms with Gasteiger partial charge in [-0.1, -0.05) is 0 Å². The van der Waals surface area contributed by atoms with Crippen molar-refractivity contribution >= 4 is 15.9 Å². The molecular weight excluding hydrogens is 292 g/mol. The standard InChI is InChI=1S/C11H15BrO5/c1-13-6-16-10-8(12)4-5-9(15-3)11(10)17-7-14-2/h4-5H,6-7H2,1-3H3. The zero-order valence-corrected chi connectivity index (χ0v) is 11.6. The summed E-state index contributed by atoms with van der Waals surface area (Å²) in [5.41, 5.74) is 0. The molecule has 0 atom stereocenters. The van der Waals surface area contributed by atoms with Crippen molar-refractivity contribution in [2.45, 2.75) is 0 Å². The van der Waals surface area contributed by atoms with Gasteiger partial charge in [0.15, 0.2) is 25.1 Å². The molecule has 0 saturated heterocycles. The number of methoxy groups -OCH3 is 3. The van der Waals surface area contributed by atoms with Crippen LogP contribution < -0.4 is 14.2 Å². The molecule has 17 heavy (non-hydrogen) atoms. The molecule has 96 valence electrons. The molecule has 1 rings (SSSR count). The van der Waals surface area contributed by atoms with Crippen molar-refractivity contribution in [2.24, 2.45) is 0 Å². The maximum Gasteiger partial charge on any atom is 0.207 e. The predicted molar refractivity (Wildman–Crippen MR) is 65.7 cm³/mol. The summed E-state index contributed by atoms with van der Waals surface area (Å²) in [6.45, 7) is 0.227. The van der Waals surface area contributed by atoms with Gasteiger partial charge in [-0.25, -0.2) is 0 Å². The van der Waals surface area contributed by atoms with Crippen molar-refractivity contribution in [2.75, 3.05) is 34.9 Å². The average molecular weight is 307 g/mol. The zero-order valence-electron chi connectivity index (χ0n) is 9.99. The van der Waals surface area contributed by atoms with Crippen LogP contribution in [0.25, 0.3) is 0 Å². The summed E-state index contributed by atoms with van der Waals surface area (Å²) in [5, 5.41) is 0. The van der Waals surface area contributed by atoms with Gasteiger partial charge in [0.1, 0.15) is 0 Å². The summed E-state index contributed by atoms with van der Waals surface area (Å²) in [6.07, 6.45) is 0. The first-order valence-corrected chi connectivity index (χ1v) is 5.63. The highest BCUT2D eigenvalue weighted by Gasteiger charge is 2.16. The summed E-state index contributed by atoms with van der Waals surface area (Å²) in [7, 11) is 4.65. The van der Waals surface area contributed by atoms with E-state index in [1.807, 2.05) is 6.07 Å². The van der Waals surface area contributed by atoms with Crippen LogP contribution in [0.3, 0.4) is 0 Å². The summed E-state index contributed by atoms with van der Waals surface area (Å²) >= 11 is 3.38. The third-order valence-electron chi connectivity index (χ3n) is 1.89. The Hall–Kier alpha value is -0.980. The average Bonchev–Trinajstić information content (AvgIpc) is 2.35. The molecule has 0 spiro atoms. The van der Waals surface area contributed by atoms with Gasteiger partial charge in [0.05, 0.1) is 11.6 Å². The van der Waals surface area contributed by atoms with Crippen molar-refractivity contribution in [3.8, 4) is 17.2 Å². The van der Waals surface area contributed by atoms with Crippen LogP contribution in [0, 0.1) is 0 Å². The van der Waals surface area contributed by atoms with E-state index in [4.69, 9.17) is 23.7 Å². The van der Waals surface area contributed by atoms with Crippen LogP contribution in [0.2, 0.25) is 0 Å². The van der Waals surface area contributed by atoms with Crippen molar-refractivity contribution in [1.82, 2.24) is 0 Å². The van der Waals surface area contributed by atoms with Gasteiger partial charge >= 0.3 is 0 Å². The van der Waals surface area contributed by atoms with Crippen molar-refractivity contribution in [3.63, 3.8) is 0 Å². The second-order valence-corrected chi connectivity index (χ2v) is 3.86. The monoisotopic (exact) mass is 306 g/mol. The molecule has 0 bridgehead atoms. The highest BCUT2D eigenvalue weighted by Crippen LogP contribution is 2.42. The third-order valence-corrected chi connectivity index (χ3v) is 2.51. The Bertz CT molecular complexity index is 356. The fourth-order valence-electron chi connectivity index (χ4n) is 1.19. The first kappa shape index (κ1) is 14.1. The second-order valence-electron chi connectivity index (χ2n) is 3.01. The van der Waals surface area contributed by atoms with Crippen molar-refractivity contribution in [1.29, 1.82) is 0 Å². The van der Waals surface area contributed by atoms with Gasteiger partial charge in [0.2, 0.25) is 5.75 Å². The Morgan fingerprint density at radius 2 is 1.53 bits per heavy atom. The molecule has 0 saturated carbocycles. The van der Waals surface area contributed by atoms with Gasteiger partial charge in [0, 0.05) is 14.2 Å². The third kappa shape index (κ3) is 3.76. The lowest BCUT2D eigenvalue weighted by Crippen LogP contribution is -2.06. The van der Waals surface area contributed by atoms with E-state index in [1.54, 1.807) is 27.4 Å². The summed E-state index contributed by atoms with van der Waals surface area (Å²) in [6, 6.07) is 3.58. The topological polar surface area (TPSA) is 46.2 Å². The number of benzene rings is 1. The Morgan fingerprint density at radius 3 is 2.06 bits per heavy atom. The lowest BCUT2D eigenvalue weighted by Gasteiger charge is -2.16. The van der Waals surface area contributed by atoms with Crippen LogP contribution in [0.1, 0.15) is 0 Å². The molecule has 0 aliphatic rings. The smallest absolute Gasteiger partial charge is 0.207 e. The lowest BCUT2D eigenvalue weighted by molar-refractivity contribution is 0.0303. The van der Waals surface area contributed by atoms with E-state index in [9.17, 15) is 0 Å². The highest BCUT2D eigenvalue weighted by atomic mass is 79.9. The van der Waals surface area contributed by atoms with E-state index in [0.717, 1.165) is 4.47 Å². The molecule has 0 heterocycles. The Labute approximate surface area is 109 Å². The van der Waals surface area contributed by atoms with Gasteiger partial charge in [-0.05, 0) is 28.1 Å². The SMILES string of the molecule is COCOc1c(Br)ccc(OC)c1OCOC. The van der Waals surface area contributed by atoms with Crippen LogP contribution in [-0.2, 0) is 9.47 Å². The maximum absolute atomic E-state index is 5.43. The molecule has 0 amide bonds. The van der Waals surface area contributed by atoms with Crippen LogP contribution >= 0.6 is 15.9 Å². The van der Waals surface area contributed by atoms with E-state index >= 15 is 0 Å². The molecule has 6 heteroatoms. The first-order chi connectivity index (χ1) is 8.24. The first-order valence-electron chi connectivity index (χ1n) is 4.84. The quantitative estimate of drug-likeness (QED) is 0.724. The van der Waals surface area contributed by atoms with E-state index in [0.29, 0.717) is 17.2 Å². The fraction of sp³-hybridized carbons (Fsp3) is 0.455. The zero-order chi connectivity index (χ0) is 12.7. The molecule has 5 nitrogen and oxygen atoms in total. The molecule has 0 aromatic heterocycles. The number of halogens is 1. The molecule has 1 aromatic rings. The fourth-order valence-corrected chi connectivity index (χ4v) is 1.61. The molecule has 1 aromatic carbocycles. The van der Waals surface area contributed by atoms with Gasteiger partial charge < -0.3 is 23.7 Å². The number of rotatable bonds is 7. The molecule has 0 N–H and O–H groups in total.